The van der Waals surface area contributed by atoms with Gasteiger partial charge in [-0.1, -0.05) is 12.7 Å². The van der Waals surface area contributed by atoms with Crippen LogP contribution in [-0.2, 0) is 19.0 Å². The van der Waals surface area contributed by atoms with Gasteiger partial charge in [-0.15, -0.1) is 11.3 Å². The molecule has 1 aromatic rings. The summed E-state index contributed by atoms with van der Waals surface area (Å²) < 4.78 is 31.6. The third kappa shape index (κ3) is 3.78. The molecule has 1 saturated heterocycles. The first-order chi connectivity index (χ1) is 9.39. The molecule has 1 fully saturated rings. The Morgan fingerprint density at radius 3 is 2.95 bits per heavy atom. The van der Waals surface area contributed by atoms with E-state index in [-0.39, 0.29) is 18.4 Å². The summed E-state index contributed by atoms with van der Waals surface area (Å²) in [4.78, 5) is 17.5. The van der Waals surface area contributed by atoms with Gasteiger partial charge in [0, 0.05) is 18.5 Å². The van der Waals surface area contributed by atoms with Crippen molar-refractivity contribution in [3.63, 3.8) is 0 Å². The van der Waals surface area contributed by atoms with Gasteiger partial charge < -0.3 is 9.64 Å². The van der Waals surface area contributed by atoms with Gasteiger partial charge in [0.05, 0.1) is 6.26 Å². The maximum Gasteiger partial charge on any atom is 0.358 e. The molecule has 1 aromatic heterocycles. The van der Waals surface area contributed by atoms with E-state index in [1.807, 2.05) is 4.90 Å². The first-order valence-electron chi connectivity index (χ1n) is 5.76. The molecule has 0 amide bonds. The Morgan fingerprint density at radius 2 is 2.35 bits per heavy atom. The lowest BCUT2D eigenvalue weighted by atomic mass is 10.2. The van der Waals surface area contributed by atoms with Crippen molar-refractivity contribution < 1.29 is 22.1 Å². The fourth-order valence-electron chi connectivity index (χ4n) is 1.61. The third-order valence-corrected chi connectivity index (χ3v) is 3.99. The molecular weight excluding hydrogens is 304 g/mol. The summed E-state index contributed by atoms with van der Waals surface area (Å²) in [5, 5.41) is 2.25. The Labute approximate surface area is 120 Å². The highest BCUT2D eigenvalue weighted by Gasteiger charge is 2.32. The standard InChI is InChI=1S/C11H14N2O5S2/c1-3-4-17-10(14)9-7-19-11(12-9)13-5-8(6-13)18-20(2,15)16/h3,7-8H,1,4-6H2,2H3. The predicted molar refractivity (Wildman–Crippen MR) is 74.5 cm³/mol. The molecule has 7 nitrogen and oxygen atoms in total. The molecule has 0 aromatic carbocycles. The number of ether oxygens (including phenoxy) is 1. The van der Waals surface area contributed by atoms with E-state index < -0.39 is 16.1 Å². The van der Waals surface area contributed by atoms with Crippen molar-refractivity contribution in [2.45, 2.75) is 6.10 Å². The molecular formula is C11H14N2O5S2. The van der Waals surface area contributed by atoms with E-state index in [1.165, 1.54) is 17.4 Å². The van der Waals surface area contributed by atoms with Gasteiger partial charge in [0.15, 0.2) is 10.8 Å². The van der Waals surface area contributed by atoms with Crippen molar-refractivity contribution in [3.05, 3.63) is 23.7 Å². The van der Waals surface area contributed by atoms with E-state index in [9.17, 15) is 13.2 Å². The highest BCUT2D eigenvalue weighted by Crippen LogP contribution is 2.27. The minimum atomic E-state index is -3.44. The molecule has 0 unspecified atom stereocenters. The summed E-state index contributed by atoms with van der Waals surface area (Å²) in [6.07, 6.45) is 2.14. The van der Waals surface area contributed by atoms with Crippen LogP contribution in [0.25, 0.3) is 0 Å². The molecule has 2 rings (SSSR count). The Bertz CT molecular complexity index is 604. The number of carbonyl (C=O) groups is 1. The quantitative estimate of drug-likeness (QED) is 0.432. The van der Waals surface area contributed by atoms with Crippen LogP contribution < -0.4 is 4.90 Å². The molecule has 2 heterocycles. The van der Waals surface area contributed by atoms with Crippen molar-refractivity contribution >= 4 is 32.6 Å². The lowest BCUT2D eigenvalue weighted by Crippen LogP contribution is -2.53. The molecule has 0 radical (unpaired) electrons. The topological polar surface area (TPSA) is 85.8 Å². The minimum Gasteiger partial charge on any atom is -0.457 e. The fourth-order valence-corrected chi connectivity index (χ4v) is 3.05. The van der Waals surface area contributed by atoms with E-state index in [4.69, 9.17) is 8.92 Å². The second kappa shape index (κ2) is 5.90. The zero-order chi connectivity index (χ0) is 14.8. The number of nitrogens with zero attached hydrogens (tertiary/aromatic N) is 2. The molecule has 0 bridgehead atoms. The summed E-state index contributed by atoms with van der Waals surface area (Å²) in [6, 6.07) is 0. The van der Waals surface area contributed by atoms with Crippen LogP contribution in [0, 0.1) is 0 Å². The van der Waals surface area contributed by atoms with Crippen molar-refractivity contribution in [3.8, 4) is 0 Å². The summed E-state index contributed by atoms with van der Waals surface area (Å²) in [5.41, 5.74) is 0.235. The second-order valence-electron chi connectivity index (χ2n) is 4.23. The molecule has 1 aliphatic rings. The van der Waals surface area contributed by atoms with Gasteiger partial charge in [-0.2, -0.15) is 8.42 Å². The molecule has 0 aliphatic carbocycles. The molecule has 110 valence electrons. The molecule has 0 spiro atoms. The highest BCUT2D eigenvalue weighted by atomic mass is 32.2. The zero-order valence-corrected chi connectivity index (χ0v) is 12.4. The van der Waals surface area contributed by atoms with Crippen molar-refractivity contribution in [2.75, 3.05) is 30.9 Å². The smallest absolute Gasteiger partial charge is 0.358 e. The number of hydrogen-bond donors (Lipinski definition) is 0. The van der Waals surface area contributed by atoms with Crippen LogP contribution in [0.3, 0.4) is 0 Å². The summed E-state index contributed by atoms with van der Waals surface area (Å²) >= 11 is 1.30. The largest absolute Gasteiger partial charge is 0.457 e. The molecule has 0 N–H and O–H groups in total. The number of rotatable bonds is 6. The summed E-state index contributed by atoms with van der Waals surface area (Å²) in [6.45, 7) is 4.46. The fraction of sp³-hybridized carbons (Fsp3) is 0.455. The van der Waals surface area contributed by atoms with Crippen LogP contribution in [0.1, 0.15) is 10.5 Å². The molecule has 9 heteroatoms. The van der Waals surface area contributed by atoms with Gasteiger partial charge in [-0.05, 0) is 0 Å². The highest BCUT2D eigenvalue weighted by molar-refractivity contribution is 7.86. The first kappa shape index (κ1) is 14.9. The Hall–Kier alpha value is -1.45. The zero-order valence-electron chi connectivity index (χ0n) is 10.8. The minimum absolute atomic E-state index is 0.139. The number of anilines is 1. The second-order valence-corrected chi connectivity index (χ2v) is 6.67. The molecule has 1 aliphatic heterocycles. The first-order valence-corrected chi connectivity index (χ1v) is 8.45. The monoisotopic (exact) mass is 318 g/mol. The van der Waals surface area contributed by atoms with Crippen molar-refractivity contribution in [2.24, 2.45) is 0 Å². The summed E-state index contributed by atoms with van der Waals surface area (Å²) in [7, 11) is -3.44. The van der Waals surface area contributed by atoms with Crippen molar-refractivity contribution in [1.82, 2.24) is 4.98 Å². The van der Waals surface area contributed by atoms with Crippen LogP contribution >= 0.6 is 11.3 Å². The molecule has 0 saturated carbocycles. The van der Waals surface area contributed by atoms with Gasteiger partial charge in [-0.3, -0.25) is 4.18 Å². The normalized spacial score (nSPS) is 15.8. The Balaban J connectivity index is 1.88. The summed E-state index contributed by atoms with van der Waals surface area (Å²) in [5.74, 6) is -0.503. The number of carbonyl (C=O) groups excluding carboxylic acids is 1. The van der Waals surface area contributed by atoms with Crippen LogP contribution in [0.15, 0.2) is 18.0 Å². The van der Waals surface area contributed by atoms with E-state index >= 15 is 0 Å². The maximum absolute atomic E-state index is 11.5. The van der Waals surface area contributed by atoms with Crippen LogP contribution in [-0.4, -0.2) is 51.4 Å². The molecule has 20 heavy (non-hydrogen) atoms. The predicted octanol–water partition coefficient (Wildman–Crippen LogP) is 0.651. The van der Waals surface area contributed by atoms with Crippen LogP contribution in [0.5, 0.6) is 0 Å². The Kier molecular flexibility index (Phi) is 4.41. The molecule has 0 atom stereocenters. The van der Waals surface area contributed by atoms with Gasteiger partial charge in [0.1, 0.15) is 12.7 Å². The average molecular weight is 318 g/mol. The van der Waals surface area contributed by atoms with E-state index in [0.29, 0.717) is 18.2 Å². The number of hydrogen-bond acceptors (Lipinski definition) is 8. The number of aromatic nitrogens is 1. The SMILES string of the molecule is C=CCOC(=O)c1csc(N2CC(OS(C)(=O)=O)C2)n1. The maximum atomic E-state index is 11.5. The van der Waals surface area contributed by atoms with E-state index in [2.05, 4.69) is 11.6 Å². The lowest BCUT2D eigenvalue weighted by molar-refractivity contribution is 0.0544. The van der Waals surface area contributed by atoms with Crippen LogP contribution in [0.2, 0.25) is 0 Å². The Morgan fingerprint density at radius 1 is 1.65 bits per heavy atom. The van der Waals surface area contributed by atoms with E-state index in [1.54, 1.807) is 5.38 Å². The third-order valence-electron chi connectivity index (χ3n) is 2.46. The average Bonchev–Trinajstić information content (AvgIpc) is 2.78. The number of thiazole rings is 1. The number of esters is 1. The van der Waals surface area contributed by atoms with Gasteiger partial charge in [-0.25, -0.2) is 9.78 Å². The van der Waals surface area contributed by atoms with Crippen molar-refractivity contribution in [1.29, 1.82) is 0 Å². The van der Waals surface area contributed by atoms with Gasteiger partial charge >= 0.3 is 5.97 Å². The van der Waals surface area contributed by atoms with Crippen LogP contribution in [0.4, 0.5) is 5.13 Å². The van der Waals surface area contributed by atoms with Gasteiger partial charge in [0.2, 0.25) is 0 Å². The van der Waals surface area contributed by atoms with E-state index in [0.717, 1.165) is 6.26 Å². The van der Waals surface area contributed by atoms with Gasteiger partial charge in [0.25, 0.3) is 10.1 Å². The lowest BCUT2D eigenvalue weighted by Gasteiger charge is -2.37.